The zero-order valence-corrected chi connectivity index (χ0v) is 29.6. The molecule has 5 heterocycles. The van der Waals surface area contributed by atoms with Crippen LogP contribution in [0.15, 0.2) is 19.0 Å². The van der Waals surface area contributed by atoms with E-state index in [9.17, 15) is 45.0 Å². The Morgan fingerprint density at radius 2 is 1.58 bits per heavy atom. The highest BCUT2D eigenvalue weighted by Gasteiger charge is 2.47. The summed E-state index contributed by atoms with van der Waals surface area (Å²) < 4.78 is 14.1. The van der Waals surface area contributed by atoms with Crippen molar-refractivity contribution in [2.24, 2.45) is 11.5 Å². The van der Waals surface area contributed by atoms with E-state index in [1.807, 2.05) is 6.26 Å². The van der Waals surface area contributed by atoms with Crippen molar-refractivity contribution in [2.75, 3.05) is 57.8 Å². The number of ether oxygens (including phenoxy) is 2. The van der Waals surface area contributed by atoms with Crippen LogP contribution in [0.5, 0.6) is 0 Å². The van der Waals surface area contributed by atoms with E-state index >= 15 is 0 Å². The molecule has 2 saturated heterocycles. The van der Waals surface area contributed by atoms with Crippen LogP contribution >= 0.6 is 0 Å². The number of anilines is 1. The average Bonchev–Trinajstić information content (AvgIpc) is 3.83. The van der Waals surface area contributed by atoms with Gasteiger partial charge in [0, 0.05) is 12.5 Å². The molecule has 1 unspecified atom stereocenters. The van der Waals surface area contributed by atoms with Gasteiger partial charge in [-0.15, -0.1) is 5.10 Å². The summed E-state index contributed by atoms with van der Waals surface area (Å²) >= 11 is 0. The van der Waals surface area contributed by atoms with Crippen molar-refractivity contribution < 1.29 is 64.1 Å². The van der Waals surface area contributed by atoms with Gasteiger partial charge >= 0.3 is 0 Å². The van der Waals surface area contributed by atoms with Crippen molar-refractivity contribution in [1.29, 1.82) is 0 Å². The molecular weight excluding hydrogens is 714 g/mol. The van der Waals surface area contributed by atoms with E-state index in [2.05, 4.69) is 25.0 Å². The summed E-state index contributed by atoms with van der Waals surface area (Å²) in [7, 11) is 5.14. The first-order valence-corrected chi connectivity index (χ1v) is 17.6. The maximum atomic E-state index is 10.8. The molecule has 5 rings (SSSR count). The minimum Gasteiger partial charge on any atom is -0.548 e. The van der Waals surface area contributed by atoms with E-state index in [1.54, 1.807) is 21.1 Å². The third-order valence-corrected chi connectivity index (χ3v) is 9.47. The molecule has 11 N–H and O–H groups in total. The number of aliphatic hydroxyl groups excluding tert-OH is 5. The predicted octanol–water partition coefficient (Wildman–Crippen LogP) is -7.83. The number of quaternary nitrogens is 1. The van der Waals surface area contributed by atoms with Gasteiger partial charge in [0.15, 0.2) is 23.9 Å². The molecule has 2 fully saturated rings. The smallest absolute Gasteiger partial charge is 0.288 e. The Morgan fingerprint density at radius 3 is 2.10 bits per heavy atom. The lowest BCUT2D eigenvalue weighted by molar-refractivity contribution is -0.864. The zero-order chi connectivity index (χ0) is 39.1. The van der Waals surface area contributed by atoms with Crippen LogP contribution in [0.2, 0.25) is 0 Å². The van der Waals surface area contributed by atoms with Gasteiger partial charge in [0.1, 0.15) is 72.8 Å². The maximum absolute atomic E-state index is 10.8. The summed E-state index contributed by atoms with van der Waals surface area (Å²) in [5.41, 5.74) is 17.0. The predicted molar refractivity (Wildman–Crippen MR) is 176 cm³/mol. The molecule has 3 aromatic heterocycles. The fourth-order valence-corrected chi connectivity index (χ4v) is 6.62. The Labute approximate surface area is 299 Å². The summed E-state index contributed by atoms with van der Waals surface area (Å²) in [5.74, 6) is -2.09. The first-order chi connectivity index (χ1) is 24.2. The number of aliphatic hydroxyl groups is 5. The van der Waals surface area contributed by atoms with Gasteiger partial charge < -0.3 is 76.5 Å². The standard InChI is InChI=1S/C15H22N6O5S.C8H12N4O5.C5H11NO2/c1-27(3-2-7(16)15(24)25)4-8-10(22)11(23)14(26-8)21-6-20-9-12(17)18-5-19-13(9)21;9-6(16)7-10-2-12(11-7)8-5(15)4(14)3(1-13)17-8;1-6(2,3)4-5(7)8/h5-8,10-11,14,22-23H,2-4,16H2,1H3,(H2-,17,18,19,24,25);2-5,8,13-15H,1H2,(H2,9,16);4H2,1-3H3/t7-,8+,10+,11+,14+,27?;3-,4-,5-,8-;/m01./s1. The number of imidazole rings is 1. The number of aromatic nitrogens is 7. The number of hydrogen-bond acceptors (Lipinski definition) is 19. The SMILES string of the molecule is C[N+](C)(C)CC(=O)[O-].C[S+](CC[C@H](N)C(=O)[O-])C[C@H]1O[C@@H](n2cnc3c(N)ncnc32)[C@H](O)[C@@H]1O.NC(=O)c1ncn([C@@H]2O[C@H](CO)[C@@H](O)[C@H]2O)n1. The van der Waals surface area contributed by atoms with Crippen molar-refractivity contribution in [2.45, 2.75) is 61.5 Å². The Bertz CT molecular complexity index is 1660. The Morgan fingerprint density at radius 1 is 0.962 bits per heavy atom. The number of carbonyl (C=O) groups excluding carboxylic acids is 3. The molecule has 0 aliphatic carbocycles. The van der Waals surface area contributed by atoms with Crippen LogP contribution in [0.1, 0.15) is 29.5 Å². The van der Waals surface area contributed by atoms with Crippen LogP contribution in [0.25, 0.3) is 11.2 Å². The molecule has 3 aromatic rings. The molecule has 0 aromatic carbocycles. The van der Waals surface area contributed by atoms with E-state index in [0.29, 0.717) is 27.2 Å². The normalized spacial score (nSPS) is 26.9. The molecular formula is C28H45N11O12S. The minimum atomic E-state index is -1.28. The van der Waals surface area contributed by atoms with Crippen LogP contribution in [-0.2, 0) is 30.0 Å². The van der Waals surface area contributed by atoms with Gasteiger partial charge in [-0.25, -0.2) is 24.6 Å². The van der Waals surface area contributed by atoms with Crippen molar-refractivity contribution in [3.05, 3.63) is 24.8 Å². The van der Waals surface area contributed by atoms with Gasteiger partial charge in [-0.3, -0.25) is 9.36 Å². The molecule has 2 aliphatic rings. The van der Waals surface area contributed by atoms with Gasteiger partial charge in [0.05, 0.1) is 52.3 Å². The molecule has 2 aliphatic heterocycles. The summed E-state index contributed by atoms with van der Waals surface area (Å²) in [6.07, 6.45) is -2.10. The molecule has 0 saturated carbocycles. The van der Waals surface area contributed by atoms with Gasteiger partial charge in [0.2, 0.25) is 5.82 Å². The number of nitrogens with zero attached hydrogens (tertiary/aromatic N) is 8. The highest BCUT2D eigenvalue weighted by atomic mass is 32.2. The number of primary amides is 1. The van der Waals surface area contributed by atoms with Crippen molar-refractivity contribution >= 4 is 45.7 Å². The quantitative estimate of drug-likeness (QED) is 0.0628. The summed E-state index contributed by atoms with van der Waals surface area (Å²) in [5, 5.41) is 73.2. The molecule has 10 atom stereocenters. The largest absolute Gasteiger partial charge is 0.548 e. The summed E-state index contributed by atoms with van der Waals surface area (Å²) in [6.45, 7) is -0.369. The van der Waals surface area contributed by atoms with Crippen LogP contribution < -0.4 is 27.4 Å². The molecule has 1 amide bonds. The van der Waals surface area contributed by atoms with Crippen LogP contribution in [0, 0.1) is 0 Å². The first-order valence-electron chi connectivity index (χ1n) is 15.6. The first kappa shape index (κ1) is 42.3. The van der Waals surface area contributed by atoms with Crippen LogP contribution in [0.3, 0.4) is 0 Å². The number of carboxylic acids is 2. The third-order valence-electron chi connectivity index (χ3n) is 7.64. The lowest BCUT2D eigenvalue weighted by Gasteiger charge is -2.23. The fraction of sp³-hybridized carbons (Fsp3) is 0.643. The average molecular weight is 760 g/mol. The topological polar surface area (TPSA) is 369 Å². The van der Waals surface area contributed by atoms with Crippen LogP contribution in [0.4, 0.5) is 5.82 Å². The second-order valence-corrected chi connectivity index (χ2v) is 15.3. The third kappa shape index (κ3) is 11.0. The molecule has 0 bridgehead atoms. The highest BCUT2D eigenvalue weighted by molar-refractivity contribution is 7.96. The fourth-order valence-electron chi connectivity index (χ4n) is 4.96. The molecule has 0 spiro atoms. The molecule has 290 valence electrons. The van der Waals surface area contributed by atoms with E-state index in [1.165, 1.54) is 17.2 Å². The van der Waals surface area contributed by atoms with E-state index < -0.39 is 79.6 Å². The lowest BCUT2D eigenvalue weighted by Crippen LogP contribution is -2.45. The second kappa shape index (κ2) is 18.1. The molecule has 23 nitrogen and oxygen atoms in total. The number of nitrogens with two attached hydrogens (primary N) is 3. The van der Waals surface area contributed by atoms with Crippen molar-refractivity contribution in [3.63, 3.8) is 0 Å². The van der Waals surface area contributed by atoms with E-state index in [-0.39, 0.29) is 35.5 Å². The summed E-state index contributed by atoms with van der Waals surface area (Å²) in [4.78, 5) is 47.1. The number of aliphatic carboxylic acids is 2. The Kier molecular flexibility index (Phi) is 14.7. The molecule has 52 heavy (non-hydrogen) atoms. The number of hydrogen-bond donors (Lipinski definition) is 8. The van der Waals surface area contributed by atoms with Gasteiger partial charge in [-0.05, 0) is 10.9 Å². The van der Waals surface area contributed by atoms with Crippen molar-refractivity contribution in [1.82, 2.24) is 34.3 Å². The zero-order valence-electron chi connectivity index (χ0n) is 28.8. The van der Waals surface area contributed by atoms with Gasteiger partial charge in [-0.2, -0.15) is 0 Å². The summed E-state index contributed by atoms with van der Waals surface area (Å²) in [6, 6.07) is -1.02. The second-order valence-electron chi connectivity index (χ2n) is 13.0. The Hall–Kier alpha value is -4.11. The van der Waals surface area contributed by atoms with E-state index in [0.717, 1.165) is 11.0 Å². The van der Waals surface area contributed by atoms with Gasteiger partial charge in [-0.1, -0.05) is 0 Å². The molecule has 24 heteroatoms. The monoisotopic (exact) mass is 759 g/mol. The molecule has 0 radical (unpaired) electrons. The van der Waals surface area contributed by atoms with Crippen LogP contribution in [-0.4, -0.2) is 177 Å². The number of likely N-dealkylation sites (N-methyl/N-ethyl adjacent to an activating group) is 1. The number of amides is 1. The lowest BCUT2D eigenvalue weighted by atomic mass is 10.1. The highest BCUT2D eigenvalue weighted by Crippen LogP contribution is 2.33. The Balaban J connectivity index is 0.000000248. The number of carbonyl (C=O) groups is 3. The van der Waals surface area contributed by atoms with E-state index in [4.69, 9.17) is 31.8 Å². The number of rotatable bonds is 12. The number of nitrogen functional groups attached to an aromatic ring is 1. The minimum absolute atomic E-state index is 0.0694. The van der Waals surface area contributed by atoms with Crippen molar-refractivity contribution in [3.8, 4) is 0 Å². The number of fused-ring (bicyclic) bond motifs is 1. The maximum Gasteiger partial charge on any atom is 0.288 e. The number of carboxylic acid groups (broad SMARTS) is 2. The van der Waals surface area contributed by atoms with Gasteiger partial charge in [0.25, 0.3) is 5.91 Å².